The third kappa shape index (κ3) is 38.4. The van der Waals surface area contributed by atoms with Crippen molar-refractivity contribution in [2.75, 3.05) is 91.6 Å². The molecular formula is C82H113N21O28. The van der Waals surface area contributed by atoms with E-state index in [0.29, 0.717) is 18.4 Å². The number of fused-ring (bicyclic) bond motifs is 1. The van der Waals surface area contributed by atoms with Gasteiger partial charge < -0.3 is 119 Å². The number of hydrogen-bond donors (Lipinski definition) is 23. The third-order valence-electron chi connectivity index (χ3n) is 21.8. The molecule has 1 saturated carbocycles. The molecule has 2 fully saturated rings. The molecule has 1 aliphatic heterocycles. The maximum absolute atomic E-state index is 14.8. The Bertz CT molecular complexity index is 4690. The van der Waals surface area contributed by atoms with E-state index in [1.807, 2.05) is 42.5 Å². The van der Waals surface area contributed by atoms with Gasteiger partial charge in [0.2, 0.25) is 53.2 Å². The zero-order valence-electron chi connectivity index (χ0n) is 71.6. The van der Waals surface area contributed by atoms with Crippen LogP contribution in [0, 0.1) is 11.8 Å². The van der Waals surface area contributed by atoms with E-state index in [9.17, 15) is 132 Å². The molecule has 0 bridgehead atoms. The van der Waals surface area contributed by atoms with Crippen LogP contribution in [0.5, 0.6) is 0 Å². The van der Waals surface area contributed by atoms with Crippen molar-refractivity contribution in [3.63, 3.8) is 0 Å². The van der Waals surface area contributed by atoms with Crippen LogP contribution in [0.4, 0.5) is 4.79 Å². The molecule has 5 aromatic rings. The molecule has 0 radical (unpaired) electrons. The lowest BCUT2D eigenvalue weighted by Gasteiger charge is -2.33. The highest BCUT2D eigenvalue weighted by Gasteiger charge is 2.38. The highest BCUT2D eigenvalue weighted by Crippen LogP contribution is 2.29. The van der Waals surface area contributed by atoms with E-state index in [4.69, 9.17) is 5.11 Å². The summed E-state index contributed by atoms with van der Waals surface area (Å²) >= 11 is 0. The number of urea groups is 1. The first-order chi connectivity index (χ1) is 62.4. The van der Waals surface area contributed by atoms with E-state index in [-0.39, 0.29) is 133 Å². The summed E-state index contributed by atoms with van der Waals surface area (Å²) in [5.41, 5.74) is 1.29. The molecule has 3 aromatic heterocycles. The molecular weight excluding hydrogens is 1730 g/mol. The molecule has 1 saturated heterocycles. The topological polar surface area (TPSA) is 738 Å². The van der Waals surface area contributed by atoms with Gasteiger partial charge in [-0.15, -0.1) is 0 Å². The number of benzene rings is 2. The lowest BCUT2D eigenvalue weighted by atomic mass is 9.81. The predicted octanol–water partition coefficient (Wildman–Crippen LogP) is -3.98. The first-order valence-corrected chi connectivity index (χ1v) is 42.4. The number of nitrogens with zero attached hydrogens (tertiary/aromatic N) is 7. The number of H-pyrrole nitrogens is 3. The van der Waals surface area contributed by atoms with E-state index in [1.54, 1.807) is 9.80 Å². The molecule has 23 N–H and O–H groups in total. The lowest BCUT2D eigenvalue weighted by Crippen LogP contribution is -2.60. The summed E-state index contributed by atoms with van der Waals surface area (Å²) in [6.45, 7) is -1.51. The first-order valence-electron chi connectivity index (χ1n) is 42.4. The molecule has 11 amide bonds. The standard InChI is InChI=1S/C82H113N21O28/c104-64(40-100-23-25-101(41-69(113)114)27-29-103(43-71(117)118)30-28-102(26-24-100)42-70(115)116)91-61(33-52-37-83-44-88-52)77(124)93-56(15-19-66(107)108)75(122)97-63(35-54-39-85-46-90-54)79(126)94-57(16-20-67(109)110)76(123)96-62(34-53-38-84-45-89-53)78(125)92-55(14-18-65(105)106)73(120)87-36-47-8-12-50(13-9-47)72(119)95-60(32-48-10-11-49-5-1-2-6-51(49)31-48)74(121)86-22-4-3-7-58(80(127)128)98-82(131)99-59(81(129)130)17-21-68(111)112/h1-2,5-6,10-11,31,37-39,44-47,50,55-63H,3-4,7-9,12-30,32-36,40-43H2,(H,83,88)(H,84,89)(H,85,90)(H,86,121)(H,87,120)(H,91,104)(H,92,125)(H,93,124)(H,94,126)(H,95,119)(H,96,123)(H,97,122)(H,105,106)(H,107,108)(H,109,110)(H,111,112)(H,113,114)(H,115,116)(H,117,118)(H,127,128)(H,129,130)(H2,98,99,131)/t47-,50-,55-,56-,57-,58-,59-,60-,61-,62-,63-/m0/s1. The van der Waals surface area contributed by atoms with Crippen molar-refractivity contribution in [2.24, 2.45) is 11.8 Å². The molecule has 9 atom stereocenters. The number of aromatic amines is 3. The van der Waals surface area contributed by atoms with Crippen molar-refractivity contribution >= 4 is 124 Å². The van der Waals surface area contributed by atoms with E-state index in [2.05, 4.69) is 88.4 Å². The quantitative estimate of drug-likeness (QED) is 0.0165. The van der Waals surface area contributed by atoms with Gasteiger partial charge in [-0.3, -0.25) is 96.3 Å². The van der Waals surface area contributed by atoms with E-state index < -0.39 is 264 Å². The number of aliphatic carboxylic acids is 9. The van der Waals surface area contributed by atoms with Crippen LogP contribution in [0.1, 0.15) is 119 Å². The summed E-state index contributed by atoms with van der Waals surface area (Å²) in [7, 11) is 0. The Morgan fingerprint density at radius 2 is 0.786 bits per heavy atom. The molecule has 2 aromatic carbocycles. The Kier molecular flexibility index (Phi) is 42.6. The Morgan fingerprint density at radius 3 is 1.22 bits per heavy atom. The highest BCUT2D eigenvalue weighted by molar-refractivity contribution is 5.98. The van der Waals surface area contributed by atoms with Crippen molar-refractivity contribution in [3.8, 4) is 0 Å². The molecule has 131 heavy (non-hydrogen) atoms. The van der Waals surface area contributed by atoms with Crippen LogP contribution < -0.4 is 58.5 Å². The molecule has 0 unspecified atom stereocenters. The molecule has 49 nitrogen and oxygen atoms in total. The van der Waals surface area contributed by atoms with Crippen molar-refractivity contribution in [1.29, 1.82) is 0 Å². The van der Waals surface area contributed by atoms with Crippen LogP contribution >= 0.6 is 0 Å². The fraction of sp³-hybridized carbons (Fsp3) is 0.537. The summed E-state index contributed by atoms with van der Waals surface area (Å²) < 4.78 is 0. The third-order valence-corrected chi connectivity index (χ3v) is 21.8. The number of carbonyl (C=O) groups excluding carboxylic acids is 10. The molecule has 0 spiro atoms. The van der Waals surface area contributed by atoms with Crippen LogP contribution in [0.15, 0.2) is 80.0 Å². The second-order valence-electron chi connectivity index (χ2n) is 31.9. The van der Waals surface area contributed by atoms with Crippen molar-refractivity contribution in [2.45, 2.75) is 176 Å². The number of unbranched alkanes of at least 4 members (excludes halogenated alkanes) is 1. The Labute approximate surface area is 748 Å². The second kappa shape index (κ2) is 53.6. The van der Waals surface area contributed by atoms with Crippen LogP contribution in [0.2, 0.25) is 0 Å². The number of imidazole rings is 3. The van der Waals surface area contributed by atoms with Crippen LogP contribution in [-0.4, -0.2) is 354 Å². The molecule has 2 aliphatic rings. The lowest BCUT2D eigenvalue weighted by molar-refractivity contribution is -0.141. The number of amides is 11. The average Bonchev–Trinajstić information content (AvgIpc) is 1.10. The minimum Gasteiger partial charge on any atom is -0.481 e. The van der Waals surface area contributed by atoms with Gasteiger partial charge in [-0.25, -0.2) is 29.3 Å². The number of carbonyl (C=O) groups is 19. The Balaban J connectivity index is 1.01. The largest absolute Gasteiger partial charge is 0.481 e. The van der Waals surface area contributed by atoms with Gasteiger partial charge in [0.05, 0.1) is 50.9 Å². The number of nitrogens with one attached hydrogen (secondary N) is 14. The number of hydrogen-bond acceptors (Lipinski definition) is 26. The van der Waals surface area contributed by atoms with Crippen molar-refractivity contribution < 1.29 is 137 Å². The van der Waals surface area contributed by atoms with Gasteiger partial charge in [0, 0.05) is 153 Å². The average molecular weight is 1840 g/mol. The maximum atomic E-state index is 14.8. The molecule has 1 aliphatic carbocycles. The summed E-state index contributed by atoms with van der Waals surface area (Å²) in [6, 6.07) is -2.78. The zero-order valence-corrected chi connectivity index (χ0v) is 71.6. The van der Waals surface area contributed by atoms with Crippen molar-refractivity contribution in [3.05, 3.63) is 103 Å². The van der Waals surface area contributed by atoms with Crippen LogP contribution in [0.3, 0.4) is 0 Å². The minimum atomic E-state index is -1.88. The fourth-order valence-corrected chi connectivity index (χ4v) is 14.7. The number of carboxylic acids is 9. The summed E-state index contributed by atoms with van der Waals surface area (Å²) in [5, 5.41) is 116. The molecule has 714 valence electrons. The number of rotatable bonds is 54. The van der Waals surface area contributed by atoms with Gasteiger partial charge in [-0.1, -0.05) is 42.5 Å². The van der Waals surface area contributed by atoms with Gasteiger partial charge in [-0.05, 0) is 92.9 Å². The van der Waals surface area contributed by atoms with Crippen LogP contribution in [0.25, 0.3) is 10.8 Å². The Hall–Kier alpha value is -14.1. The van der Waals surface area contributed by atoms with E-state index in [1.165, 1.54) is 47.4 Å². The smallest absolute Gasteiger partial charge is 0.326 e. The minimum absolute atomic E-state index is 0.000286. The molecule has 7 rings (SSSR count). The fourth-order valence-electron chi connectivity index (χ4n) is 14.7. The number of aromatic nitrogens is 6. The van der Waals surface area contributed by atoms with E-state index in [0.717, 1.165) is 10.8 Å². The second-order valence-corrected chi connectivity index (χ2v) is 31.9. The zero-order chi connectivity index (χ0) is 95.6. The highest BCUT2D eigenvalue weighted by atomic mass is 16.4. The van der Waals surface area contributed by atoms with Gasteiger partial charge >= 0.3 is 59.8 Å². The molecule has 4 heterocycles. The van der Waals surface area contributed by atoms with Gasteiger partial charge in [0.25, 0.3) is 0 Å². The predicted molar refractivity (Wildman–Crippen MR) is 454 cm³/mol. The van der Waals surface area contributed by atoms with Gasteiger partial charge in [0.15, 0.2) is 0 Å². The maximum Gasteiger partial charge on any atom is 0.326 e. The van der Waals surface area contributed by atoms with Gasteiger partial charge in [0.1, 0.15) is 54.4 Å². The summed E-state index contributed by atoms with van der Waals surface area (Å²) in [5.74, 6) is -21.5. The summed E-state index contributed by atoms with van der Waals surface area (Å²) in [4.78, 5) is 276. The van der Waals surface area contributed by atoms with Crippen molar-refractivity contribution in [1.82, 2.24) is 108 Å². The molecule has 49 heteroatoms. The first kappa shape index (κ1) is 104. The monoisotopic (exact) mass is 1840 g/mol. The van der Waals surface area contributed by atoms with Gasteiger partial charge in [-0.2, -0.15) is 0 Å². The summed E-state index contributed by atoms with van der Waals surface area (Å²) in [6.07, 6.45) is 2.71. The normalized spacial score (nSPS) is 16.8. The number of carboxylic acid groups (broad SMARTS) is 9. The Morgan fingerprint density at radius 1 is 0.382 bits per heavy atom. The van der Waals surface area contributed by atoms with Crippen LogP contribution in [-0.2, 0) is 112 Å². The SMILES string of the molecule is O=C(O)CC[C@H](NC(=O)N[C@@H](CCCCNC(=O)[C@H](Cc1ccc2ccccc2c1)NC(=O)[C@H]1CC[C@H](CNC(=O)[C@H](CCC(=O)O)NC(=O)[C@H](Cc2c[nH]cn2)NC(=O)[C@H](CCC(=O)O)NC(=O)[C@H](Cc2cnc[nH]2)NC(=O)[C@H](CCC(=O)O)NC(=O)[C@H](Cc2cnc[nH]2)NC(=O)CN2CCN(CC(=O)O)CCN(CC(=O)O)CCN(CC(=O)O)CC2)CC1)C(=O)O)C(=O)O. The van der Waals surface area contributed by atoms with E-state index >= 15 is 0 Å².